The highest BCUT2D eigenvalue weighted by Gasteiger charge is 2.17. The molecule has 1 N–H and O–H groups in total. The monoisotopic (exact) mass is 488 g/mol. The van der Waals surface area contributed by atoms with Crippen LogP contribution in [0.1, 0.15) is 12.8 Å². The predicted octanol–water partition coefficient (Wildman–Crippen LogP) is 5.66. The molecule has 0 spiro atoms. The maximum Gasteiger partial charge on any atom is 0.227 e. The van der Waals surface area contributed by atoms with Gasteiger partial charge in [0, 0.05) is 47.3 Å². The molecule has 1 aliphatic rings. The molecule has 0 aliphatic carbocycles. The molecular weight excluding hydrogens is 460 g/mol. The molecule has 7 nitrogen and oxygen atoms in total. The molecule has 0 unspecified atom stereocenters. The van der Waals surface area contributed by atoms with E-state index in [4.69, 9.17) is 21.3 Å². The van der Waals surface area contributed by atoms with Crippen LogP contribution in [0, 0.1) is 5.92 Å². The van der Waals surface area contributed by atoms with Gasteiger partial charge in [-0.05, 0) is 69.2 Å². The average Bonchev–Trinajstić information content (AvgIpc) is 3.26. The van der Waals surface area contributed by atoms with E-state index >= 15 is 0 Å². The minimum Gasteiger partial charge on any atom is -0.493 e. The van der Waals surface area contributed by atoms with E-state index in [9.17, 15) is 0 Å². The molecule has 2 aromatic carbocycles. The van der Waals surface area contributed by atoms with Gasteiger partial charge < -0.3 is 15.0 Å². The van der Waals surface area contributed by atoms with Crippen molar-refractivity contribution >= 4 is 23.2 Å². The number of nitrogens with one attached hydrogen (secondary N) is 1. The quantitative estimate of drug-likeness (QED) is 0.362. The lowest BCUT2D eigenvalue weighted by molar-refractivity contribution is 0.160. The van der Waals surface area contributed by atoms with Gasteiger partial charge in [-0.15, -0.1) is 0 Å². The molecule has 3 heterocycles. The molecule has 1 saturated heterocycles. The zero-order valence-electron chi connectivity index (χ0n) is 20.0. The smallest absolute Gasteiger partial charge is 0.227 e. The molecule has 2 aromatic heterocycles. The topological polar surface area (TPSA) is 68.1 Å². The molecule has 5 rings (SSSR count). The molecule has 0 atom stereocenters. The van der Waals surface area contributed by atoms with Crippen molar-refractivity contribution in [2.75, 3.05) is 32.1 Å². The third-order valence-electron chi connectivity index (χ3n) is 6.29. The summed E-state index contributed by atoms with van der Waals surface area (Å²) in [4.78, 5) is 11.6. The third-order valence-corrected chi connectivity index (χ3v) is 6.54. The van der Waals surface area contributed by atoms with Gasteiger partial charge in [-0.25, -0.2) is 9.97 Å². The Hall–Kier alpha value is -3.42. The highest BCUT2D eigenvalue weighted by molar-refractivity contribution is 6.30. The fourth-order valence-corrected chi connectivity index (χ4v) is 4.43. The number of aryl methyl sites for hydroxylation is 1. The number of likely N-dealkylation sites (tertiary alicyclic amines) is 1. The predicted molar refractivity (Wildman–Crippen MR) is 140 cm³/mol. The summed E-state index contributed by atoms with van der Waals surface area (Å²) in [6.07, 6.45) is 6.08. The van der Waals surface area contributed by atoms with Crippen molar-refractivity contribution in [2.45, 2.75) is 12.8 Å². The summed E-state index contributed by atoms with van der Waals surface area (Å²) < 4.78 is 7.90. The van der Waals surface area contributed by atoms with E-state index in [-0.39, 0.29) is 0 Å². The van der Waals surface area contributed by atoms with E-state index in [0.717, 1.165) is 53.6 Å². The molecule has 0 radical (unpaired) electrons. The van der Waals surface area contributed by atoms with Crippen LogP contribution in [0.15, 0.2) is 67.0 Å². The number of anilines is 2. The fourth-order valence-electron chi connectivity index (χ4n) is 4.30. The van der Waals surface area contributed by atoms with Gasteiger partial charge in [-0.3, -0.25) is 4.68 Å². The van der Waals surface area contributed by atoms with Crippen molar-refractivity contribution in [3.8, 4) is 28.3 Å². The van der Waals surface area contributed by atoms with Gasteiger partial charge in [0.15, 0.2) is 0 Å². The van der Waals surface area contributed by atoms with E-state index < -0.39 is 0 Å². The molecule has 4 aromatic rings. The van der Waals surface area contributed by atoms with Gasteiger partial charge in [0.05, 0.1) is 12.3 Å². The van der Waals surface area contributed by atoms with Crippen LogP contribution in [0.25, 0.3) is 22.5 Å². The van der Waals surface area contributed by atoms with Crippen LogP contribution in [0.5, 0.6) is 5.75 Å². The van der Waals surface area contributed by atoms with Crippen LogP contribution >= 0.6 is 11.6 Å². The summed E-state index contributed by atoms with van der Waals surface area (Å²) in [5, 5.41) is 8.66. The van der Waals surface area contributed by atoms with Crippen LogP contribution in [0.4, 0.5) is 11.6 Å². The van der Waals surface area contributed by atoms with Crippen molar-refractivity contribution in [1.82, 2.24) is 24.6 Å². The van der Waals surface area contributed by atoms with Crippen molar-refractivity contribution in [3.63, 3.8) is 0 Å². The number of nitrogens with zero attached hydrogens (tertiary/aromatic N) is 5. The second kappa shape index (κ2) is 10.5. The summed E-state index contributed by atoms with van der Waals surface area (Å²) in [7, 11) is 4.08. The normalized spacial score (nSPS) is 14.7. The standard InChI is InChI=1S/C27H29ClN6O/c1-33-14-11-19(12-15-33)18-35-23-5-3-4-22(16-23)30-27-29-13-10-25(31-27)24-17-34(2)32-26(24)20-6-8-21(28)9-7-20/h3-10,13,16-17,19H,11-12,14-15,18H2,1-2H3,(H,29,30,31). The largest absolute Gasteiger partial charge is 0.493 e. The maximum atomic E-state index is 6.11. The Morgan fingerprint density at radius 3 is 2.66 bits per heavy atom. The first kappa shape index (κ1) is 23.3. The average molecular weight is 489 g/mol. The number of aromatic nitrogens is 4. The first-order valence-electron chi connectivity index (χ1n) is 11.8. The summed E-state index contributed by atoms with van der Waals surface area (Å²) in [6, 6.07) is 17.5. The molecule has 0 saturated carbocycles. The Morgan fingerprint density at radius 1 is 1.06 bits per heavy atom. The number of ether oxygens (including phenoxy) is 1. The van der Waals surface area contributed by atoms with Crippen molar-refractivity contribution in [2.24, 2.45) is 13.0 Å². The van der Waals surface area contributed by atoms with Crippen LogP contribution in [0.2, 0.25) is 5.02 Å². The lowest BCUT2D eigenvalue weighted by atomic mass is 9.98. The van der Waals surface area contributed by atoms with Gasteiger partial charge in [-0.1, -0.05) is 29.8 Å². The Kier molecular flexibility index (Phi) is 6.97. The Balaban J connectivity index is 1.31. The summed E-state index contributed by atoms with van der Waals surface area (Å²) >= 11 is 6.07. The van der Waals surface area contributed by atoms with E-state index in [1.807, 2.05) is 67.8 Å². The second-order valence-electron chi connectivity index (χ2n) is 9.05. The van der Waals surface area contributed by atoms with Crippen LogP contribution in [-0.4, -0.2) is 51.4 Å². The molecule has 0 amide bonds. The Labute approximate surface area is 210 Å². The number of halogens is 1. The molecule has 180 valence electrons. The van der Waals surface area contributed by atoms with Gasteiger partial charge in [0.25, 0.3) is 0 Å². The van der Waals surface area contributed by atoms with Crippen molar-refractivity contribution < 1.29 is 4.74 Å². The SMILES string of the molecule is CN1CCC(COc2cccc(Nc3nccc(-c4cn(C)nc4-c4ccc(Cl)cc4)n3)c2)CC1. The summed E-state index contributed by atoms with van der Waals surface area (Å²) in [6.45, 7) is 3.03. The van der Waals surface area contributed by atoms with E-state index in [0.29, 0.717) is 16.9 Å². The van der Waals surface area contributed by atoms with Crippen LogP contribution in [0.3, 0.4) is 0 Å². The van der Waals surface area contributed by atoms with Crippen LogP contribution in [-0.2, 0) is 7.05 Å². The van der Waals surface area contributed by atoms with Gasteiger partial charge in [0.2, 0.25) is 5.95 Å². The highest BCUT2D eigenvalue weighted by Crippen LogP contribution is 2.31. The summed E-state index contributed by atoms with van der Waals surface area (Å²) in [5.41, 5.74) is 4.42. The number of benzene rings is 2. The lowest BCUT2D eigenvalue weighted by Gasteiger charge is -2.28. The molecule has 35 heavy (non-hydrogen) atoms. The zero-order chi connectivity index (χ0) is 24.2. The number of rotatable bonds is 7. The first-order chi connectivity index (χ1) is 17.0. The molecular formula is C27H29ClN6O. The van der Waals surface area contributed by atoms with E-state index in [1.54, 1.807) is 10.9 Å². The van der Waals surface area contributed by atoms with Crippen molar-refractivity contribution in [1.29, 1.82) is 0 Å². The lowest BCUT2D eigenvalue weighted by Crippen LogP contribution is -2.32. The van der Waals surface area contributed by atoms with Crippen LogP contribution < -0.4 is 10.1 Å². The molecule has 8 heteroatoms. The molecule has 0 bridgehead atoms. The number of piperidine rings is 1. The Bertz CT molecular complexity index is 1280. The van der Waals surface area contributed by atoms with E-state index in [1.165, 1.54) is 12.8 Å². The molecule has 1 aliphatic heterocycles. The number of hydrogen-bond donors (Lipinski definition) is 1. The minimum atomic E-state index is 0.515. The van der Waals surface area contributed by atoms with Gasteiger partial charge in [0.1, 0.15) is 11.4 Å². The number of hydrogen-bond acceptors (Lipinski definition) is 6. The van der Waals surface area contributed by atoms with Gasteiger partial charge >= 0.3 is 0 Å². The second-order valence-corrected chi connectivity index (χ2v) is 9.48. The fraction of sp³-hybridized carbons (Fsp3) is 0.296. The minimum absolute atomic E-state index is 0.515. The van der Waals surface area contributed by atoms with Crippen molar-refractivity contribution in [3.05, 3.63) is 72.0 Å². The third kappa shape index (κ3) is 5.81. The summed E-state index contributed by atoms with van der Waals surface area (Å²) in [5.74, 6) is 1.97. The highest BCUT2D eigenvalue weighted by atomic mass is 35.5. The maximum absolute atomic E-state index is 6.11. The first-order valence-corrected chi connectivity index (χ1v) is 12.2. The molecule has 1 fully saturated rings. The zero-order valence-corrected chi connectivity index (χ0v) is 20.7. The Morgan fingerprint density at radius 2 is 1.86 bits per heavy atom. The van der Waals surface area contributed by atoms with Gasteiger partial charge in [-0.2, -0.15) is 5.10 Å². The van der Waals surface area contributed by atoms with E-state index in [2.05, 4.69) is 27.3 Å².